The van der Waals surface area contributed by atoms with Crippen molar-refractivity contribution in [2.45, 2.75) is 25.8 Å². The van der Waals surface area contributed by atoms with Crippen molar-refractivity contribution >= 4 is 5.82 Å². The second kappa shape index (κ2) is 5.12. The monoisotopic (exact) mass is 222 g/mol. The molecule has 1 aromatic rings. The molecule has 5 heteroatoms. The van der Waals surface area contributed by atoms with Crippen molar-refractivity contribution in [2.75, 3.05) is 25.0 Å². The largest absolute Gasteiger partial charge is 0.364 e. The molecule has 0 aromatic carbocycles. The van der Waals surface area contributed by atoms with E-state index in [4.69, 9.17) is 0 Å². The molecule has 0 unspecified atom stereocenters. The molecule has 2 N–H and O–H groups in total. The third-order valence-corrected chi connectivity index (χ3v) is 2.87. The summed E-state index contributed by atoms with van der Waals surface area (Å²) in [5, 5.41) is 3.06. The Hall–Kier alpha value is -1.36. The maximum Gasteiger partial charge on any atom is 0.290 e. The maximum atomic E-state index is 11.3. The van der Waals surface area contributed by atoms with Gasteiger partial charge in [-0.3, -0.25) is 9.69 Å². The molecule has 0 spiro atoms. The number of nitrogens with one attached hydrogen (secondary N) is 2. The molecule has 0 amide bonds. The molecule has 0 aliphatic heterocycles. The van der Waals surface area contributed by atoms with Gasteiger partial charge in [-0.25, -0.2) is 4.98 Å². The van der Waals surface area contributed by atoms with Crippen LogP contribution >= 0.6 is 0 Å². The molecule has 1 aliphatic rings. The van der Waals surface area contributed by atoms with Crippen molar-refractivity contribution in [3.8, 4) is 0 Å². The highest BCUT2D eigenvalue weighted by atomic mass is 16.1. The number of aromatic amines is 1. The topological polar surface area (TPSA) is 61.0 Å². The van der Waals surface area contributed by atoms with Crippen LogP contribution in [0.15, 0.2) is 17.2 Å². The van der Waals surface area contributed by atoms with Gasteiger partial charge in [-0.15, -0.1) is 0 Å². The number of anilines is 1. The van der Waals surface area contributed by atoms with Crippen molar-refractivity contribution in [1.29, 1.82) is 0 Å². The van der Waals surface area contributed by atoms with Gasteiger partial charge in [0, 0.05) is 31.5 Å². The second-order valence-electron chi connectivity index (χ2n) is 4.05. The highest BCUT2D eigenvalue weighted by Gasteiger charge is 2.27. The zero-order valence-corrected chi connectivity index (χ0v) is 9.57. The minimum Gasteiger partial charge on any atom is -0.364 e. The summed E-state index contributed by atoms with van der Waals surface area (Å²) >= 11 is 0. The molecule has 1 fully saturated rings. The average molecular weight is 222 g/mol. The molecule has 1 aromatic heterocycles. The van der Waals surface area contributed by atoms with Gasteiger partial charge in [0.05, 0.1) is 0 Å². The third-order valence-electron chi connectivity index (χ3n) is 2.87. The van der Waals surface area contributed by atoms with Gasteiger partial charge in [0.15, 0.2) is 5.82 Å². The molecule has 0 saturated heterocycles. The predicted molar refractivity (Wildman–Crippen MR) is 63.6 cm³/mol. The van der Waals surface area contributed by atoms with Gasteiger partial charge >= 0.3 is 0 Å². The van der Waals surface area contributed by atoms with E-state index in [9.17, 15) is 4.79 Å². The second-order valence-corrected chi connectivity index (χ2v) is 4.05. The van der Waals surface area contributed by atoms with E-state index in [1.54, 1.807) is 6.20 Å². The van der Waals surface area contributed by atoms with Crippen LogP contribution in [-0.2, 0) is 0 Å². The van der Waals surface area contributed by atoms with Crippen LogP contribution in [-0.4, -0.2) is 40.5 Å². The van der Waals surface area contributed by atoms with Crippen LogP contribution in [0.2, 0.25) is 0 Å². The van der Waals surface area contributed by atoms with Crippen LogP contribution in [0.3, 0.4) is 0 Å². The zero-order chi connectivity index (χ0) is 11.4. The summed E-state index contributed by atoms with van der Waals surface area (Å²) in [6.45, 7) is 4.98. The van der Waals surface area contributed by atoms with Crippen molar-refractivity contribution in [3.63, 3.8) is 0 Å². The molecule has 1 heterocycles. The van der Waals surface area contributed by atoms with E-state index >= 15 is 0 Å². The van der Waals surface area contributed by atoms with E-state index in [0.717, 1.165) is 25.7 Å². The fraction of sp³-hybridized carbons (Fsp3) is 0.636. The van der Waals surface area contributed by atoms with Gasteiger partial charge in [-0.05, 0) is 19.4 Å². The van der Waals surface area contributed by atoms with Crippen molar-refractivity contribution in [2.24, 2.45) is 0 Å². The SMILES string of the molecule is CCN(CCNc1ncc[nH]c1=O)C1CC1. The highest BCUT2D eigenvalue weighted by Crippen LogP contribution is 2.25. The normalized spacial score (nSPS) is 15.4. The molecule has 2 rings (SSSR count). The Bertz CT molecular complexity index is 386. The Labute approximate surface area is 94.9 Å². The number of hydrogen-bond donors (Lipinski definition) is 2. The van der Waals surface area contributed by atoms with E-state index in [0.29, 0.717) is 5.82 Å². The van der Waals surface area contributed by atoms with Crippen LogP contribution < -0.4 is 10.9 Å². The minimum absolute atomic E-state index is 0.156. The molecule has 0 radical (unpaired) electrons. The molecule has 16 heavy (non-hydrogen) atoms. The van der Waals surface area contributed by atoms with Gasteiger partial charge in [0.2, 0.25) is 0 Å². The predicted octanol–water partition coefficient (Wildman–Crippen LogP) is 0.666. The summed E-state index contributed by atoms with van der Waals surface area (Å²) in [6, 6.07) is 0.772. The Morgan fingerprint density at radius 1 is 1.62 bits per heavy atom. The highest BCUT2D eigenvalue weighted by molar-refractivity contribution is 5.29. The van der Waals surface area contributed by atoms with Crippen LogP contribution in [0.5, 0.6) is 0 Å². The molecule has 1 aliphatic carbocycles. The van der Waals surface area contributed by atoms with Gasteiger partial charge in [0.25, 0.3) is 5.56 Å². The van der Waals surface area contributed by atoms with E-state index in [2.05, 4.69) is 27.1 Å². The molecular weight excluding hydrogens is 204 g/mol. The Morgan fingerprint density at radius 3 is 3.06 bits per heavy atom. The van der Waals surface area contributed by atoms with Crippen LogP contribution in [0.4, 0.5) is 5.82 Å². The fourth-order valence-electron chi connectivity index (χ4n) is 1.83. The number of nitrogens with zero attached hydrogens (tertiary/aromatic N) is 2. The number of hydrogen-bond acceptors (Lipinski definition) is 4. The summed E-state index contributed by atoms with van der Waals surface area (Å²) in [5.74, 6) is 0.411. The van der Waals surface area contributed by atoms with E-state index in [1.165, 1.54) is 19.0 Å². The first-order valence-electron chi connectivity index (χ1n) is 5.83. The van der Waals surface area contributed by atoms with Gasteiger partial charge in [-0.1, -0.05) is 6.92 Å². The summed E-state index contributed by atoms with van der Waals surface area (Å²) in [4.78, 5) is 20.3. The Balaban J connectivity index is 1.79. The van der Waals surface area contributed by atoms with Crippen molar-refractivity contribution < 1.29 is 0 Å². The molecule has 0 atom stereocenters. The number of rotatable bonds is 6. The maximum absolute atomic E-state index is 11.3. The first-order valence-corrected chi connectivity index (χ1v) is 5.83. The standard InChI is InChI=1S/C11H18N4O/c1-2-15(9-3-4-9)8-7-13-10-11(16)14-6-5-12-10/h5-6,9H,2-4,7-8H2,1H3,(H,12,13)(H,14,16). The van der Waals surface area contributed by atoms with E-state index < -0.39 is 0 Å². The first-order chi connectivity index (χ1) is 7.81. The smallest absolute Gasteiger partial charge is 0.290 e. The lowest BCUT2D eigenvalue weighted by Crippen LogP contribution is -2.31. The first kappa shape index (κ1) is 11.1. The van der Waals surface area contributed by atoms with Crippen LogP contribution in [0, 0.1) is 0 Å². The molecular formula is C11H18N4O. The molecule has 0 bridgehead atoms. The van der Waals surface area contributed by atoms with Crippen molar-refractivity contribution in [3.05, 3.63) is 22.7 Å². The van der Waals surface area contributed by atoms with E-state index in [1.807, 2.05) is 0 Å². The van der Waals surface area contributed by atoms with Gasteiger partial charge < -0.3 is 10.3 Å². The van der Waals surface area contributed by atoms with Gasteiger partial charge in [-0.2, -0.15) is 0 Å². The molecule has 5 nitrogen and oxygen atoms in total. The summed E-state index contributed by atoms with van der Waals surface area (Å²) < 4.78 is 0. The van der Waals surface area contributed by atoms with Gasteiger partial charge in [0.1, 0.15) is 0 Å². The fourth-order valence-corrected chi connectivity index (χ4v) is 1.83. The van der Waals surface area contributed by atoms with E-state index in [-0.39, 0.29) is 5.56 Å². The minimum atomic E-state index is -0.156. The average Bonchev–Trinajstić information content (AvgIpc) is 3.11. The number of aromatic nitrogens is 2. The van der Waals surface area contributed by atoms with Crippen molar-refractivity contribution in [1.82, 2.24) is 14.9 Å². The summed E-state index contributed by atoms with van der Waals surface area (Å²) in [6.07, 6.45) is 5.76. The van der Waals surface area contributed by atoms with Crippen LogP contribution in [0.1, 0.15) is 19.8 Å². The third kappa shape index (κ3) is 2.82. The summed E-state index contributed by atoms with van der Waals surface area (Å²) in [5.41, 5.74) is -0.156. The lowest BCUT2D eigenvalue weighted by atomic mass is 10.4. The zero-order valence-electron chi connectivity index (χ0n) is 9.57. The quantitative estimate of drug-likeness (QED) is 0.742. The van der Waals surface area contributed by atoms with Crippen LogP contribution in [0.25, 0.3) is 0 Å². The number of H-pyrrole nitrogens is 1. The molecule has 1 saturated carbocycles. The lowest BCUT2D eigenvalue weighted by Gasteiger charge is -2.19. The summed E-state index contributed by atoms with van der Waals surface area (Å²) in [7, 11) is 0. The molecule has 88 valence electrons. The Morgan fingerprint density at radius 2 is 2.44 bits per heavy atom. The number of likely N-dealkylation sites (N-methyl/N-ethyl adjacent to an activating group) is 1. The Kier molecular flexibility index (Phi) is 3.56. The lowest BCUT2D eigenvalue weighted by molar-refractivity contribution is 0.289.